The van der Waals surface area contributed by atoms with Gasteiger partial charge in [-0.15, -0.1) is 0 Å². The highest BCUT2D eigenvalue weighted by Gasteiger charge is 2.35. The van der Waals surface area contributed by atoms with Gasteiger partial charge in [-0.25, -0.2) is 9.59 Å². The SMILES string of the molecule is O=C1CCC(NC(=O)N2CCCC2C(=O)O)CN1. The Labute approximate surface area is 105 Å². The molecule has 3 amide bonds. The van der Waals surface area contributed by atoms with Gasteiger partial charge in [-0.1, -0.05) is 0 Å². The second kappa shape index (κ2) is 5.24. The zero-order valence-electron chi connectivity index (χ0n) is 10.0. The number of hydrogen-bond donors (Lipinski definition) is 3. The van der Waals surface area contributed by atoms with Crippen LogP contribution in [-0.4, -0.2) is 53.1 Å². The summed E-state index contributed by atoms with van der Waals surface area (Å²) in [4.78, 5) is 35.3. The van der Waals surface area contributed by atoms with E-state index in [-0.39, 0.29) is 18.0 Å². The molecule has 2 unspecified atom stereocenters. The largest absolute Gasteiger partial charge is 0.480 e. The highest BCUT2D eigenvalue weighted by molar-refractivity contribution is 5.83. The Hall–Kier alpha value is -1.79. The number of nitrogens with one attached hydrogen (secondary N) is 2. The molecule has 0 aliphatic carbocycles. The maximum Gasteiger partial charge on any atom is 0.326 e. The molecule has 7 heteroatoms. The van der Waals surface area contributed by atoms with E-state index in [1.807, 2.05) is 0 Å². The summed E-state index contributed by atoms with van der Waals surface area (Å²) in [5, 5.41) is 14.4. The molecule has 3 N–H and O–H groups in total. The van der Waals surface area contributed by atoms with Gasteiger partial charge in [0.25, 0.3) is 0 Å². The number of hydrogen-bond acceptors (Lipinski definition) is 3. The van der Waals surface area contributed by atoms with Gasteiger partial charge in [0.05, 0.1) is 0 Å². The standard InChI is InChI=1S/C11H17N3O4/c15-9-4-3-7(6-12-9)13-11(18)14-5-1-2-8(14)10(16)17/h7-8H,1-6H2,(H,12,15)(H,13,18)(H,16,17). The van der Waals surface area contributed by atoms with Crippen molar-refractivity contribution in [3.05, 3.63) is 0 Å². The molecular weight excluding hydrogens is 238 g/mol. The average Bonchev–Trinajstić information content (AvgIpc) is 2.81. The van der Waals surface area contributed by atoms with Gasteiger partial charge in [0.2, 0.25) is 5.91 Å². The summed E-state index contributed by atoms with van der Waals surface area (Å²) < 4.78 is 0. The lowest BCUT2D eigenvalue weighted by atomic mass is 10.1. The van der Waals surface area contributed by atoms with E-state index in [4.69, 9.17) is 5.11 Å². The van der Waals surface area contributed by atoms with Crippen LogP contribution in [0.25, 0.3) is 0 Å². The normalized spacial score (nSPS) is 27.8. The zero-order chi connectivity index (χ0) is 13.1. The van der Waals surface area contributed by atoms with Crippen molar-refractivity contribution >= 4 is 17.9 Å². The minimum atomic E-state index is -0.959. The molecule has 0 bridgehead atoms. The van der Waals surface area contributed by atoms with E-state index in [2.05, 4.69) is 10.6 Å². The molecule has 18 heavy (non-hydrogen) atoms. The molecule has 0 spiro atoms. The lowest BCUT2D eigenvalue weighted by Crippen LogP contribution is -2.53. The van der Waals surface area contributed by atoms with Gasteiger partial charge < -0.3 is 20.6 Å². The van der Waals surface area contributed by atoms with Crippen molar-refractivity contribution in [3.63, 3.8) is 0 Å². The summed E-state index contributed by atoms with van der Waals surface area (Å²) in [5.41, 5.74) is 0. The number of urea groups is 1. The highest BCUT2D eigenvalue weighted by atomic mass is 16.4. The van der Waals surface area contributed by atoms with Gasteiger partial charge in [0.1, 0.15) is 6.04 Å². The summed E-state index contributed by atoms with van der Waals surface area (Å²) in [6, 6.07) is -1.17. The maximum atomic E-state index is 11.9. The third-order valence-corrected chi connectivity index (χ3v) is 3.39. The first-order valence-electron chi connectivity index (χ1n) is 6.14. The predicted octanol–water partition coefficient (Wildman–Crippen LogP) is -0.476. The molecule has 2 saturated heterocycles. The van der Waals surface area contributed by atoms with E-state index >= 15 is 0 Å². The number of rotatable bonds is 2. The van der Waals surface area contributed by atoms with Crippen LogP contribution in [-0.2, 0) is 9.59 Å². The molecule has 2 fully saturated rings. The number of likely N-dealkylation sites (tertiary alicyclic amines) is 1. The summed E-state index contributed by atoms with van der Waals surface area (Å²) in [6.45, 7) is 0.887. The van der Waals surface area contributed by atoms with E-state index in [0.29, 0.717) is 38.8 Å². The van der Waals surface area contributed by atoms with E-state index in [9.17, 15) is 14.4 Å². The van der Waals surface area contributed by atoms with E-state index in [1.54, 1.807) is 0 Å². The van der Waals surface area contributed by atoms with Crippen LogP contribution in [0.4, 0.5) is 4.79 Å². The first-order valence-corrected chi connectivity index (χ1v) is 6.14. The van der Waals surface area contributed by atoms with Crippen LogP contribution in [0.5, 0.6) is 0 Å². The molecule has 2 rings (SSSR count). The van der Waals surface area contributed by atoms with Crippen molar-refractivity contribution in [2.24, 2.45) is 0 Å². The van der Waals surface area contributed by atoms with E-state index in [1.165, 1.54) is 4.90 Å². The maximum absolute atomic E-state index is 11.9. The molecular formula is C11H17N3O4. The van der Waals surface area contributed by atoms with Gasteiger partial charge >= 0.3 is 12.0 Å². The Bertz CT molecular complexity index is 361. The molecule has 0 aromatic heterocycles. The van der Waals surface area contributed by atoms with E-state index < -0.39 is 12.0 Å². The Balaban J connectivity index is 1.87. The van der Waals surface area contributed by atoms with Gasteiger partial charge in [0.15, 0.2) is 0 Å². The monoisotopic (exact) mass is 255 g/mol. The second-order valence-electron chi connectivity index (χ2n) is 4.68. The lowest BCUT2D eigenvalue weighted by Gasteiger charge is -2.28. The zero-order valence-corrected chi connectivity index (χ0v) is 10.0. The first kappa shape index (κ1) is 12.7. The molecule has 0 aromatic carbocycles. The number of carbonyl (C=O) groups excluding carboxylic acids is 2. The van der Waals surface area contributed by atoms with Crippen molar-refractivity contribution in [2.45, 2.75) is 37.8 Å². The summed E-state index contributed by atoms with van der Waals surface area (Å²) >= 11 is 0. The van der Waals surface area contributed by atoms with E-state index in [0.717, 1.165) is 0 Å². The molecule has 7 nitrogen and oxygen atoms in total. The van der Waals surface area contributed by atoms with Crippen molar-refractivity contribution in [1.29, 1.82) is 0 Å². The summed E-state index contributed by atoms with van der Waals surface area (Å²) in [6.07, 6.45) is 2.21. The van der Waals surface area contributed by atoms with Gasteiger partial charge in [-0.2, -0.15) is 0 Å². The Morgan fingerprint density at radius 3 is 2.78 bits per heavy atom. The Kier molecular flexibility index (Phi) is 3.69. The first-order chi connectivity index (χ1) is 8.58. The van der Waals surface area contributed by atoms with Gasteiger partial charge in [0, 0.05) is 25.6 Å². The average molecular weight is 255 g/mol. The fraction of sp³-hybridized carbons (Fsp3) is 0.727. The molecule has 2 atom stereocenters. The fourth-order valence-corrected chi connectivity index (χ4v) is 2.38. The summed E-state index contributed by atoms with van der Waals surface area (Å²) in [7, 11) is 0. The number of piperidine rings is 1. The Morgan fingerprint density at radius 2 is 2.17 bits per heavy atom. The molecule has 2 heterocycles. The third kappa shape index (κ3) is 2.72. The molecule has 2 aliphatic heterocycles. The topological polar surface area (TPSA) is 98.7 Å². The number of carboxylic acids is 1. The number of aliphatic carboxylic acids is 1. The smallest absolute Gasteiger partial charge is 0.326 e. The van der Waals surface area contributed by atoms with Crippen LogP contribution in [0, 0.1) is 0 Å². The number of nitrogens with zero attached hydrogens (tertiary/aromatic N) is 1. The molecule has 0 saturated carbocycles. The van der Waals surface area contributed by atoms with Crippen LogP contribution < -0.4 is 10.6 Å². The lowest BCUT2D eigenvalue weighted by molar-refractivity contribution is -0.141. The number of carboxylic acid groups (broad SMARTS) is 1. The highest BCUT2D eigenvalue weighted by Crippen LogP contribution is 2.17. The van der Waals surface area contributed by atoms with Gasteiger partial charge in [-0.05, 0) is 19.3 Å². The van der Waals surface area contributed by atoms with Crippen LogP contribution in [0.15, 0.2) is 0 Å². The number of amides is 3. The van der Waals surface area contributed by atoms with Gasteiger partial charge in [-0.3, -0.25) is 4.79 Å². The van der Waals surface area contributed by atoms with Crippen molar-refractivity contribution in [3.8, 4) is 0 Å². The minimum absolute atomic E-state index is 0.00918. The van der Waals surface area contributed by atoms with Crippen LogP contribution in [0.1, 0.15) is 25.7 Å². The van der Waals surface area contributed by atoms with Crippen molar-refractivity contribution < 1.29 is 19.5 Å². The summed E-state index contributed by atoms with van der Waals surface area (Å²) in [5.74, 6) is -0.968. The predicted molar refractivity (Wildman–Crippen MR) is 61.9 cm³/mol. The van der Waals surface area contributed by atoms with Crippen LogP contribution in [0.3, 0.4) is 0 Å². The molecule has 0 radical (unpaired) electrons. The fourth-order valence-electron chi connectivity index (χ4n) is 2.38. The quantitative estimate of drug-likeness (QED) is 0.621. The molecule has 100 valence electrons. The van der Waals surface area contributed by atoms with Crippen LogP contribution in [0.2, 0.25) is 0 Å². The Morgan fingerprint density at radius 1 is 1.39 bits per heavy atom. The minimum Gasteiger partial charge on any atom is -0.480 e. The van der Waals surface area contributed by atoms with Crippen LogP contribution >= 0.6 is 0 Å². The molecule has 2 aliphatic rings. The number of carbonyl (C=O) groups is 3. The molecule has 0 aromatic rings. The van der Waals surface area contributed by atoms with Crippen molar-refractivity contribution in [1.82, 2.24) is 15.5 Å². The second-order valence-corrected chi connectivity index (χ2v) is 4.68. The van der Waals surface area contributed by atoms with Crippen molar-refractivity contribution in [2.75, 3.05) is 13.1 Å². The third-order valence-electron chi connectivity index (χ3n) is 3.39.